The van der Waals surface area contributed by atoms with Crippen molar-refractivity contribution in [2.45, 2.75) is 6.42 Å². The van der Waals surface area contributed by atoms with Gasteiger partial charge in [0.25, 0.3) is 0 Å². The fourth-order valence-corrected chi connectivity index (χ4v) is 1.64. The number of aromatic nitrogens is 3. The van der Waals surface area contributed by atoms with Crippen LogP contribution in [0.4, 0.5) is 0 Å². The van der Waals surface area contributed by atoms with E-state index in [-0.39, 0.29) is 0 Å². The minimum atomic E-state index is 0.541. The normalized spacial score (nSPS) is 11.0. The monoisotopic (exact) mass is 210 g/mol. The maximum absolute atomic E-state index is 6.00. The summed E-state index contributed by atoms with van der Waals surface area (Å²) in [5.41, 5.74) is 1.00. The molecular formula is C9H11ClN4. The van der Waals surface area contributed by atoms with Crippen LogP contribution >= 0.6 is 11.6 Å². The Morgan fingerprint density at radius 1 is 1.57 bits per heavy atom. The number of hydrogen-bond donors (Lipinski definition) is 1. The summed E-state index contributed by atoms with van der Waals surface area (Å²) in [6.07, 6.45) is 4.48. The first-order chi connectivity index (χ1) is 6.83. The summed E-state index contributed by atoms with van der Waals surface area (Å²) in [5.74, 6) is 0.656. The summed E-state index contributed by atoms with van der Waals surface area (Å²) in [4.78, 5) is 8.27. The number of fused-ring (bicyclic) bond motifs is 1. The van der Waals surface area contributed by atoms with Crippen LogP contribution in [-0.2, 0) is 6.42 Å². The lowest BCUT2D eigenvalue weighted by Gasteiger charge is -2.00. The van der Waals surface area contributed by atoms with E-state index in [9.17, 15) is 0 Å². The lowest BCUT2D eigenvalue weighted by atomic mass is 10.3. The van der Waals surface area contributed by atoms with E-state index in [0.29, 0.717) is 10.9 Å². The molecule has 0 saturated carbocycles. The van der Waals surface area contributed by atoms with Gasteiger partial charge in [-0.3, -0.25) is 4.40 Å². The van der Waals surface area contributed by atoms with E-state index in [0.717, 1.165) is 18.7 Å². The van der Waals surface area contributed by atoms with E-state index in [1.807, 2.05) is 23.7 Å². The van der Waals surface area contributed by atoms with Crippen LogP contribution in [0.1, 0.15) is 5.69 Å². The molecule has 0 radical (unpaired) electrons. The first-order valence-electron chi connectivity index (χ1n) is 4.45. The highest BCUT2D eigenvalue weighted by molar-refractivity contribution is 6.30. The third kappa shape index (κ3) is 1.58. The van der Waals surface area contributed by atoms with Crippen molar-refractivity contribution in [1.29, 1.82) is 0 Å². The Morgan fingerprint density at radius 3 is 3.21 bits per heavy atom. The van der Waals surface area contributed by atoms with Gasteiger partial charge in [-0.2, -0.15) is 4.98 Å². The number of halogens is 1. The van der Waals surface area contributed by atoms with Gasteiger partial charge in [0.2, 0.25) is 5.78 Å². The second kappa shape index (κ2) is 3.94. The van der Waals surface area contributed by atoms with Gasteiger partial charge in [-0.15, -0.1) is 0 Å². The number of rotatable bonds is 3. The molecule has 74 valence electrons. The lowest BCUT2D eigenvalue weighted by Crippen LogP contribution is -2.11. The molecular weight excluding hydrogens is 200 g/mol. The summed E-state index contributed by atoms with van der Waals surface area (Å²) >= 11 is 6.00. The van der Waals surface area contributed by atoms with Crippen molar-refractivity contribution in [2.24, 2.45) is 0 Å². The zero-order chi connectivity index (χ0) is 9.97. The van der Waals surface area contributed by atoms with Gasteiger partial charge in [0, 0.05) is 25.4 Å². The van der Waals surface area contributed by atoms with Crippen molar-refractivity contribution in [2.75, 3.05) is 13.6 Å². The standard InChI is InChI=1S/C9H11ClN4/c1-11-5-3-7-8(10)13-9-12-4-2-6-14(7)9/h2,4,6,11H,3,5H2,1H3. The fraction of sp³-hybridized carbons (Fsp3) is 0.333. The highest BCUT2D eigenvalue weighted by Gasteiger charge is 2.09. The molecule has 2 aromatic heterocycles. The molecule has 0 spiro atoms. The molecule has 2 heterocycles. The predicted octanol–water partition coefficient (Wildman–Crippen LogP) is 1.14. The minimum absolute atomic E-state index is 0.541. The Hall–Kier alpha value is -1.13. The molecule has 0 atom stereocenters. The maximum Gasteiger partial charge on any atom is 0.235 e. The SMILES string of the molecule is CNCCc1c(Cl)nc2ncccn12. The molecule has 0 aliphatic heterocycles. The highest BCUT2D eigenvalue weighted by atomic mass is 35.5. The third-order valence-electron chi connectivity index (χ3n) is 2.07. The molecule has 0 unspecified atom stereocenters. The summed E-state index contributed by atoms with van der Waals surface area (Å²) in [7, 11) is 1.91. The number of nitrogens with zero attached hydrogens (tertiary/aromatic N) is 3. The van der Waals surface area contributed by atoms with Gasteiger partial charge in [-0.05, 0) is 13.1 Å². The molecule has 2 aromatic rings. The van der Waals surface area contributed by atoms with E-state index in [1.165, 1.54) is 0 Å². The summed E-state index contributed by atoms with van der Waals surface area (Å²) in [6, 6.07) is 1.87. The molecule has 4 nitrogen and oxygen atoms in total. The Labute approximate surface area is 86.9 Å². The van der Waals surface area contributed by atoms with Gasteiger partial charge in [0.05, 0.1) is 5.69 Å². The van der Waals surface area contributed by atoms with Crippen LogP contribution in [0.3, 0.4) is 0 Å². The number of hydrogen-bond acceptors (Lipinski definition) is 3. The molecule has 14 heavy (non-hydrogen) atoms. The quantitative estimate of drug-likeness (QED) is 0.827. The second-order valence-electron chi connectivity index (χ2n) is 2.99. The fourth-order valence-electron chi connectivity index (χ4n) is 1.38. The smallest absolute Gasteiger partial charge is 0.235 e. The number of imidazole rings is 1. The zero-order valence-corrected chi connectivity index (χ0v) is 8.62. The molecule has 2 rings (SSSR count). The van der Waals surface area contributed by atoms with Gasteiger partial charge in [0.1, 0.15) is 0 Å². The van der Waals surface area contributed by atoms with Crippen LogP contribution in [0.25, 0.3) is 5.78 Å². The topological polar surface area (TPSA) is 42.2 Å². The highest BCUT2D eigenvalue weighted by Crippen LogP contribution is 2.16. The van der Waals surface area contributed by atoms with Crippen LogP contribution in [0.2, 0.25) is 5.15 Å². The first-order valence-corrected chi connectivity index (χ1v) is 4.83. The van der Waals surface area contributed by atoms with E-state index in [2.05, 4.69) is 15.3 Å². The molecule has 0 aliphatic rings. The van der Waals surface area contributed by atoms with Crippen molar-refractivity contribution in [1.82, 2.24) is 19.7 Å². The first kappa shape index (κ1) is 9.43. The molecule has 0 amide bonds. The molecule has 1 N–H and O–H groups in total. The average Bonchev–Trinajstić information content (AvgIpc) is 2.51. The van der Waals surface area contributed by atoms with Crippen LogP contribution in [0, 0.1) is 0 Å². The Morgan fingerprint density at radius 2 is 2.43 bits per heavy atom. The predicted molar refractivity (Wildman–Crippen MR) is 55.6 cm³/mol. The molecule has 0 fully saturated rings. The van der Waals surface area contributed by atoms with Crippen LogP contribution in [0.15, 0.2) is 18.5 Å². The van der Waals surface area contributed by atoms with Gasteiger partial charge < -0.3 is 5.32 Å². The van der Waals surface area contributed by atoms with E-state index in [4.69, 9.17) is 11.6 Å². The minimum Gasteiger partial charge on any atom is -0.319 e. The van der Waals surface area contributed by atoms with E-state index in [1.54, 1.807) is 6.20 Å². The number of likely N-dealkylation sites (N-methyl/N-ethyl adjacent to an activating group) is 1. The van der Waals surface area contributed by atoms with E-state index >= 15 is 0 Å². The average molecular weight is 211 g/mol. The Bertz CT molecular complexity index is 437. The summed E-state index contributed by atoms with van der Waals surface area (Å²) < 4.78 is 1.92. The van der Waals surface area contributed by atoms with Crippen LogP contribution in [0.5, 0.6) is 0 Å². The summed E-state index contributed by atoms with van der Waals surface area (Å²) in [6.45, 7) is 0.877. The Kier molecular flexibility index (Phi) is 2.65. The van der Waals surface area contributed by atoms with Gasteiger partial charge >= 0.3 is 0 Å². The Balaban J connectivity index is 2.45. The van der Waals surface area contributed by atoms with Gasteiger partial charge in [-0.1, -0.05) is 11.6 Å². The van der Waals surface area contributed by atoms with Crippen molar-refractivity contribution in [3.05, 3.63) is 29.3 Å². The van der Waals surface area contributed by atoms with Gasteiger partial charge in [-0.25, -0.2) is 4.98 Å². The van der Waals surface area contributed by atoms with Crippen LogP contribution < -0.4 is 5.32 Å². The number of nitrogens with one attached hydrogen (secondary N) is 1. The second-order valence-corrected chi connectivity index (χ2v) is 3.35. The van der Waals surface area contributed by atoms with Crippen molar-refractivity contribution >= 4 is 17.4 Å². The van der Waals surface area contributed by atoms with Crippen molar-refractivity contribution in [3.8, 4) is 0 Å². The third-order valence-corrected chi connectivity index (χ3v) is 2.37. The molecule has 5 heteroatoms. The molecule has 0 bridgehead atoms. The largest absolute Gasteiger partial charge is 0.319 e. The maximum atomic E-state index is 6.00. The zero-order valence-electron chi connectivity index (χ0n) is 7.87. The molecule has 0 saturated heterocycles. The van der Waals surface area contributed by atoms with Gasteiger partial charge in [0.15, 0.2) is 5.15 Å². The summed E-state index contributed by atoms with van der Waals surface area (Å²) in [5, 5.41) is 3.62. The van der Waals surface area contributed by atoms with Crippen LogP contribution in [-0.4, -0.2) is 28.0 Å². The van der Waals surface area contributed by atoms with Crippen molar-refractivity contribution in [3.63, 3.8) is 0 Å². The lowest BCUT2D eigenvalue weighted by molar-refractivity contribution is 0.770. The van der Waals surface area contributed by atoms with E-state index < -0.39 is 0 Å². The molecule has 0 aliphatic carbocycles. The molecule has 0 aromatic carbocycles. The van der Waals surface area contributed by atoms with Crippen molar-refractivity contribution < 1.29 is 0 Å².